The molecule has 0 radical (unpaired) electrons. The summed E-state index contributed by atoms with van der Waals surface area (Å²) in [5, 5.41) is 8.41. The molecule has 0 aliphatic carbocycles. The van der Waals surface area contributed by atoms with Crippen LogP contribution in [0.2, 0.25) is 0 Å². The number of amides is 2. The van der Waals surface area contributed by atoms with E-state index in [0.29, 0.717) is 30.8 Å². The van der Waals surface area contributed by atoms with E-state index in [1.54, 1.807) is 0 Å². The van der Waals surface area contributed by atoms with Gasteiger partial charge in [0.1, 0.15) is 5.82 Å². The summed E-state index contributed by atoms with van der Waals surface area (Å²) in [6.45, 7) is 2.37. The van der Waals surface area contributed by atoms with E-state index in [1.807, 2.05) is 0 Å². The summed E-state index contributed by atoms with van der Waals surface area (Å²) in [4.78, 5) is 23.8. The third kappa shape index (κ3) is 5.48. The van der Waals surface area contributed by atoms with Gasteiger partial charge in [0.25, 0.3) is 5.91 Å². The molecule has 1 heterocycles. The largest absolute Gasteiger partial charge is 0.347 e. The summed E-state index contributed by atoms with van der Waals surface area (Å²) in [5.74, 6) is -3.84. The van der Waals surface area contributed by atoms with Crippen molar-refractivity contribution < 1.29 is 22.8 Å². The number of anilines is 1. The van der Waals surface area contributed by atoms with E-state index >= 15 is 0 Å². The number of carbonyl (C=O) groups is 2. The SMILES string of the molecule is CC(=O)Nc1ccc(F)c(C(=O)NC2CNCCC2c2ccc(F)c(F)c2)c1.Cl. The van der Waals surface area contributed by atoms with Gasteiger partial charge in [0.2, 0.25) is 5.91 Å². The first-order chi connectivity index (χ1) is 13.3. The molecule has 3 rings (SSSR count). The molecular weight excluding hydrogens is 407 g/mol. The van der Waals surface area contributed by atoms with Crippen LogP contribution in [0, 0.1) is 17.5 Å². The molecule has 29 heavy (non-hydrogen) atoms. The molecule has 9 heteroatoms. The maximum absolute atomic E-state index is 14.1. The summed E-state index contributed by atoms with van der Waals surface area (Å²) in [6, 6.07) is 6.96. The van der Waals surface area contributed by atoms with Gasteiger partial charge in [-0.1, -0.05) is 6.07 Å². The smallest absolute Gasteiger partial charge is 0.254 e. The lowest BCUT2D eigenvalue weighted by Gasteiger charge is -2.33. The van der Waals surface area contributed by atoms with Crippen molar-refractivity contribution in [2.75, 3.05) is 18.4 Å². The van der Waals surface area contributed by atoms with E-state index in [1.165, 1.54) is 25.1 Å². The number of nitrogens with one attached hydrogen (secondary N) is 3. The van der Waals surface area contributed by atoms with Crippen LogP contribution in [0.1, 0.15) is 35.2 Å². The zero-order valence-corrected chi connectivity index (χ0v) is 16.4. The van der Waals surface area contributed by atoms with Gasteiger partial charge in [-0.25, -0.2) is 13.2 Å². The fraction of sp³-hybridized carbons (Fsp3) is 0.300. The van der Waals surface area contributed by atoms with Crippen LogP contribution in [-0.2, 0) is 4.79 Å². The summed E-state index contributed by atoms with van der Waals surface area (Å²) >= 11 is 0. The normalized spacial score (nSPS) is 18.5. The highest BCUT2D eigenvalue weighted by molar-refractivity contribution is 5.97. The van der Waals surface area contributed by atoms with Gasteiger partial charge in [-0.3, -0.25) is 9.59 Å². The summed E-state index contributed by atoms with van der Waals surface area (Å²) in [6.07, 6.45) is 0.602. The van der Waals surface area contributed by atoms with Crippen molar-refractivity contribution in [3.63, 3.8) is 0 Å². The third-order valence-electron chi connectivity index (χ3n) is 4.70. The molecule has 1 aliphatic rings. The summed E-state index contributed by atoms with van der Waals surface area (Å²) in [5.41, 5.74) is 0.664. The standard InChI is InChI=1S/C20H20F3N3O2.ClH/c1-11(27)25-13-3-5-16(21)15(9-13)20(28)26-19-10-24-7-6-14(19)12-2-4-17(22)18(23)8-12;/h2-5,8-9,14,19,24H,6-7,10H2,1H3,(H,25,27)(H,26,28);1H. The van der Waals surface area contributed by atoms with Crippen LogP contribution >= 0.6 is 12.4 Å². The molecule has 2 aromatic rings. The first-order valence-corrected chi connectivity index (χ1v) is 8.89. The molecule has 0 saturated carbocycles. The first kappa shape index (κ1) is 22.7. The van der Waals surface area contributed by atoms with Crippen molar-refractivity contribution in [3.8, 4) is 0 Å². The maximum Gasteiger partial charge on any atom is 0.254 e. The molecule has 0 bridgehead atoms. The van der Waals surface area contributed by atoms with Gasteiger partial charge in [0, 0.05) is 31.1 Å². The molecule has 1 aliphatic heterocycles. The van der Waals surface area contributed by atoms with Gasteiger partial charge in [-0.05, 0) is 48.9 Å². The fourth-order valence-electron chi connectivity index (χ4n) is 3.38. The average Bonchev–Trinajstić information content (AvgIpc) is 2.65. The molecule has 3 N–H and O–H groups in total. The Labute approximate surface area is 172 Å². The quantitative estimate of drug-likeness (QED) is 0.700. The van der Waals surface area contributed by atoms with Gasteiger partial charge >= 0.3 is 0 Å². The number of hydrogen-bond acceptors (Lipinski definition) is 3. The van der Waals surface area contributed by atoms with Gasteiger partial charge < -0.3 is 16.0 Å². The fourth-order valence-corrected chi connectivity index (χ4v) is 3.38. The minimum atomic E-state index is -0.949. The lowest BCUT2D eigenvalue weighted by molar-refractivity contribution is -0.114. The second-order valence-corrected chi connectivity index (χ2v) is 6.73. The number of benzene rings is 2. The van der Waals surface area contributed by atoms with Crippen LogP contribution in [0.15, 0.2) is 36.4 Å². The first-order valence-electron chi connectivity index (χ1n) is 8.89. The third-order valence-corrected chi connectivity index (χ3v) is 4.70. The van der Waals surface area contributed by atoms with Gasteiger partial charge in [0.05, 0.1) is 5.56 Å². The second-order valence-electron chi connectivity index (χ2n) is 6.73. The molecule has 1 saturated heterocycles. The minimum absolute atomic E-state index is 0. The molecule has 2 atom stereocenters. The predicted molar refractivity (Wildman–Crippen MR) is 106 cm³/mol. The topological polar surface area (TPSA) is 70.2 Å². The summed E-state index contributed by atoms with van der Waals surface area (Å²) in [7, 11) is 0. The zero-order chi connectivity index (χ0) is 20.3. The minimum Gasteiger partial charge on any atom is -0.347 e. The molecule has 2 aromatic carbocycles. The van der Waals surface area contributed by atoms with Crippen LogP contribution in [0.3, 0.4) is 0 Å². The number of halogens is 4. The lowest BCUT2D eigenvalue weighted by atomic mass is 9.85. The van der Waals surface area contributed by atoms with E-state index in [4.69, 9.17) is 0 Å². The van der Waals surface area contributed by atoms with Crippen LogP contribution < -0.4 is 16.0 Å². The molecule has 2 unspecified atom stereocenters. The molecule has 156 valence electrons. The van der Waals surface area contributed by atoms with E-state index in [0.717, 1.165) is 18.2 Å². The Morgan fingerprint density at radius 3 is 2.45 bits per heavy atom. The average molecular weight is 428 g/mol. The summed E-state index contributed by atoms with van der Waals surface area (Å²) < 4.78 is 41.0. The number of carbonyl (C=O) groups excluding carboxylic acids is 2. The van der Waals surface area contributed by atoms with Crippen LogP contribution in [-0.4, -0.2) is 30.9 Å². The maximum atomic E-state index is 14.1. The second kappa shape index (κ2) is 9.76. The molecule has 1 fully saturated rings. The Balaban J connectivity index is 0.00000300. The number of piperidine rings is 1. The molecule has 2 amide bonds. The van der Waals surface area contributed by atoms with Crippen molar-refractivity contribution in [1.29, 1.82) is 0 Å². The molecule has 5 nitrogen and oxygen atoms in total. The lowest BCUT2D eigenvalue weighted by Crippen LogP contribution is -2.50. The van der Waals surface area contributed by atoms with Crippen LogP contribution in [0.25, 0.3) is 0 Å². The van der Waals surface area contributed by atoms with E-state index in [9.17, 15) is 22.8 Å². The number of hydrogen-bond donors (Lipinski definition) is 3. The predicted octanol–water partition coefficient (Wildman–Crippen LogP) is 3.36. The zero-order valence-electron chi connectivity index (χ0n) is 15.6. The van der Waals surface area contributed by atoms with Gasteiger partial charge in [0.15, 0.2) is 11.6 Å². The van der Waals surface area contributed by atoms with Crippen molar-refractivity contribution in [1.82, 2.24) is 10.6 Å². The number of rotatable bonds is 4. The molecule has 0 aromatic heterocycles. The Bertz CT molecular complexity index is 911. The van der Waals surface area contributed by atoms with Crippen molar-refractivity contribution >= 4 is 29.9 Å². The van der Waals surface area contributed by atoms with Crippen molar-refractivity contribution in [2.45, 2.75) is 25.3 Å². The Morgan fingerprint density at radius 2 is 1.76 bits per heavy atom. The Morgan fingerprint density at radius 1 is 1.03 bits per heavy atom. The van der Waals surface area contributed by atoms with E-state index in [2.05, 4.69) is 16.0 Å². The van der Waals surface area contributed by atoms with E-state index in [-0.39, 0.29) is 29.8 Å². The monoisotopic (exact) mass is 427 g/mol. The van der Waals surface area contributed by atoms with E-state index < -0.39 is 29.4 Å². The Kier molecular flexibility index (Phi) is 7.64. The highest BCUT2D eigenvalue weighted by Crippen LogP contribution is 2.27. The van der Waals surface area contributed by atoms with Crippen LogP contribution in [0.5, 0.6) is 0 Å². The van der Waals surface area contributed by atoms with Gasteiger partial charge in [-0.15, -0.1) is 12.4 Å². The highest BCUT2D eigenvalue weighted by Gasteiger charge is 2.29. The Hall–Kier alpha value is -2.58. The van der Waals surface area contributed by atoms with Crippen molar-refractivity contribution in [3.05, 3.63) is 65.0 Å². The van der Waals surface area contributed by atoms with Crippen LogP contribution in [0.4, 0.5) is 18.9 Å². The van der Waals surface area contributed by atoms with Crippen molar-refractivity contribution in [2.24, 2.45) is 0 Å². The molecular formula is C20H21ClF3N3O2. The van der Waals surface area contributed by atoms with Gasteiger partial charge in [-0.2, -0.15) is 0 Å². The highest BCUT2D eigenvalue weighted by atomic mass is 35.5. The molecule has 0 spiro atoms.